The first kappa shape index (κ1) is 48.9. The van der Waals surface area contributed by atoms with Crippen molar-refractivity contribution in [3.05, 3.63) is 12.2 Å². The van der Waals surface area contributed by atoms with Crippen molar-refractivity contribution in [2.45, 2.75) is 243 Å². The van der Waals surface area contributed by atoms with Gasteiger partial charge in [0, 0.05) is 6.42 Å². The second-order valence-corrected chi connectivity index (χ2v) is 15.5. The van der Waals surface area contributed by atoms with Gasteiger partial charge in [0.25, 0.3) is 0 Å². The van der Waals surface area contributed by atoms with Crippen LogP contribution in [0.1, 0.15) is 200 Å². The zero-order valence-electron chi connectivity index (χ0n) is 33.6. The van der Waals surface area contributed by atoms with E-state index in [4.69, 9.17) is 9.47 Å². The molecule has 0 saturated carbocycles. The van der Waals surface area contributed by atoms with Crippen LogP contribution < -0.4 is 5.32 Å². The number of ether oxygens (including phenoxy) is 2. The molecular weight excluding hydrogens is 658 g/mol. The van der Waals surface area contributed by atoms with Crippen LogP contribution >= 0.6 is 0 Å². The van der Waals surface area contributed by atoms with Crippen LogP contribution in [0.5, 0.6) is 0 Å². The Morgan fingerprint density at radius 2 is 1.06 bits per heavy atom. The highest BCUT2D eigenvalue weighted by molar-refractivity contribution is 5.76. The zero-order valence-corrected chi connectivity index (χ0v) is 33.6. The number of carbonyl (C=O) groups excluding carboxylic acids is 1. The van der Waals surface area contributed by atoms with Gasteiger partial charge in [-0.3, -0.25) is 4.79 Å². The number of rotatable bonds is 36. The number of allylic oxidation sites excluding steroid dienone is 1. The fraction of sp³-hybridized carbons (Fsp3) is 0.930. The van der Waals surface area contributed by atoms with Crippen LogP contribution in [0.2, 0.25) is 0 Å². The molecule has 1 rings (SSSR count). The minimum Gasteiger partial charge on any atom is -0.394 e. The summed E-state index contributed by atoms with van der Waals surface area (Å²) in [6, 6.07) is -0.795. The monoisotopic (exact) mass is 742 g/mol. The molecule has 0 aromatic heterocycles. The van der Waals surface area contributed by atoms with Crippen LogP contribution in [0.25, 0.3) is 0 Å². The molecule has 1 saturated heterocycles. The summed E-state index contributed by atoms with van der Waals surface area (Å²) < 4.78 is 11.1. The Morgan fingerprint density at radius 1 is 0.635 bits per heavy atom. The molecule has 1 aliphatic rings. The predicted molar refractivity (Wildman–Crippen MR) is 212 cm³/mol. The molecule has 308 valence electrons. The lowest BCUT2D eigenvalue weighted by Crippen LogP contribution is -2.60. The van der Waals surface area contributed by atoms with Gasteiger partial charge in [0.15, 0.2) is 6.29 Å². The Bertz CT molecular complexity index is 827. The first-order valence-corrected chi connectivity index (χ1v) is 21.9. The second-order valence-electron chi connectivity index (χ2n) is 15.5. The molecule has 0 aliphatic carbocycles. The fourth-order valence-electron chi connectivity index (χ4n) is 7.04. The molecule has 6 N–H and O–H groups in total. The number of nitrogens with one attached hydrogen (secondary N) is 1. The van der Waals surface area contributed by atoms with E-state index in [0.717, 1.165) is 38.5 Å². The number of hydrogen-bond acceptors (Lipinski definition) is 8. The van der Waals surface area contributed by atoms with Gasteiger partial charge in [-0.25, -0.2) is 0 Å². The van der Waals surface area contributed by atoms with Crippen LogP contribution in [0.3, 0.4) is 0 Å². The number of unbranched alkanes of at least 4 members (excludes halogenated alkanes) is 26. The van der Waals surface area contributed by atoms with Gasteiger partial charge >= 0.3 is 0 Å². The molecule has 1 heterocycles. The maximum atomic E-state index is 12.9. The number of amides is 1. The Morgan fingerprint density at radius 3 is 1.50 bits per heavy atom. The Labute approximate surface area is 318 Å². The molecule has 1 aliphatic heterocycles. The van der Waals surface area contributed by atoms with E-state index in [1.165, 1.54) is 141 Å². The summed E-state index contributed by atoms with van der Waals surface area (Å²) in [6.45, 7) is 3.72. The van der Waals surface area contributed by atoms with E-state index in [2.05, 4.69) is 19.2 Å². The first-order chi connectivity index (χ1) is 25.3. The van der Waals surface area contributed by atoms with Crippen LogP contribution in [-0.2, 0) is 14.3 Å². The minimum absolute atomic E-state index is 0.178. The lowest BCUT2D eigenvalue weighted by molar-refractivity contribution is -0.302. The van der Waals surface area contributed by atoms with E-state index in [-0.39, 0.29) is 12.5 Å². The summed E-state index contributed by atoms with van der Waals surface area (Å²) in [5.74, 6) is -0.178. The van der Waals surface area contributed by atoms with Crippen LogP contribution in [0.4, 0.5) is 0 Å². The van der Waals surface area contributed by atoms with Crippen molar-refractivity contribution < 1.29 is 39.8 Å². The standard InChI is InChI=1S/C43H83NO8/c1-3-5-7-9-11-12-13-14-15-16-17-18-19-20-21-22-23-24-25-27-29-31-33-39(47)44-36(37(46)32-30-28-26-10-8-6-4-2)35-51-43-42(50)41(49)40(48)38(34-45)52-43/h30,32,36-38,40-43,45-46,48-50H,3-29,31,33-35H2,1-2H3,(H,44,47)/b32-30+. The van der Waals surface area contributed by atoms with Crippen molar-refractivity contribution in [2.24, 2.45) is 0 Å². The highest BCUT2D eigenvalue weighted by Crippen LogP contribution is 2.22. The third kappa shape index (κ3) is 25.1. The molecule has 0 aromatic carbocycles. The van der Waals surface area contributed by atoms with Crippen LogP contribution in [0.15, 0.2) is 12.2 Å². The summed E-state index contributed by atoms with van der Waals surface area (Å²) in [6.07, 6.45) is 31.5. The van der Waals surface area contributed by atoms with E-state index in [1.807, 2.05) is 6.08 Å². The largest absolute Gasteiger partial charge is 0.394 e. The van der Waals surface area contributed by atoms with Crippen molar-refractivity contribution in [3.63, 3.8) is 0 Å². The average Bonchev–Trinajstić information content (AvgIpc) is 3.14. The third-order valence-electron chi connectivity index (χ3n) is 10.6. The highest BCUT2D eigenvalue weighted by Gasteiger charge is 2.44. The normalized spacial score (nSPS) is 21.9. The Balaban J connectivity index is 2.21. The van der Waals surface area contributed by atoms with E-state index in [1.54, 1.807) is 6.08 Å². The minimum atomic E-state index is -1.56. The number of carbonyl (C=O) groups is 1. The maximum Gasteiger partial charge on any atom is 0.220 e. The van der Waals surface area contributed by atoms with E-state index < -0.39 is 49.5 Å². The van der Waals surface area contributed by atoms with Gasteiger partial charge in [0.05, 0.1) is 25.4 Å². The SMILES string of the molecule is CCCCCCC/C=C/C(O)C(COC1OC(CO)C(O)C(O)C1O)NC(=O)CCCCCCCCCCCCCCCCCCCCCCCC. The summed E-state index contributed by atoms with van der Waals surface area (Å²) in [5, 5.41) is 53.8. The summed E-state index contributed by atoms with van der Waals surface area (Å²) >= 11 is 0. The quantitative estimate of drug-likeness (QED) is 0.0277. The smallest absolute Gasteiger partial charge is 0.220 e. The third-order valence-corrected chi connectivity index (χ3v) is 10.6. The van der Waals surface area contributed by atoms with Gasteiger partial charge < -0.3 is 40.3 Å². The van der Waals surface area contributed by atoms with Gasteiger partial charge in [-0.05, 0) is 19.3 Å². The fourth-order valence-corrected chi connectivity index (χ4v) is 7.04. The summed E-state index contributed by atoms with van der Waals surface area (Å²) in [7, 11) is 0. The van der Waals surface area contributed by atoms with Gasteiger partial charge in [0.2, 0.25) is 5.91 Å². The topological polar surface area (TPSA) is 149 Å². The molecule has 1 amide bonds. The molecule has 0 radical (unpaired) electrons. The molecule has 9 heteroatoms. The van der Waals surface area contributed by atoms with Gasteiger partial charge in [0.1, 0.15) is 24.4 Å². The van der Waals surface area contributed by atoms with Gasteiger partial charge in [-0.15, -0.1) is 0 Å². The lowest BCUT2D eigenvalue weighted by Gasteiger charge is -2.40. The Kier molecular flexibility index (Phi) is 32.4. The van der Waals surface area contributed by atoms with E-state index in [9.17, 15) is 30.3 Å². The molecule has 7 unspecified atom stereocenters. The number of aliphatic hydroxyl groups is 5. The van der Waals surface area contributed by atoms with Crippen molar-refractivity contribution in [1.82, 2.24) is 5.32 Å². The lowest BCUT2D eigenvalue weighted by atomic mass is 9.99. The zero-order chi connectivity index (χ0) is 38.1. The van der Waals surface area contributed by atoms with E-state index >= 15 is 0 Å². The average molecular weight is 742 g/mol. The number of aliphatic hydroxyl groups excluding tert-OH is 5. The molecule has 0 bridgehead atoms. The molecular formula is C43H83NO8. The van der Waals surface area contributed by atoms with Crippen LogP contribution in [0, 0.1) is 0 Å². The summed E-state index contributed by atoms with van der Waals surface area (Å²) in [5.41, 5.74) is 0. The molecule has 0 aromatic rings. The molecule has 9 nitrogen and oxygen atoms in total. The molecule has 0 spiro atoms. The predicted octanol–water partition coefficient (Wildman–Crippen LogP) is 8.56. The Hall–Kier alpha value is -1.07. The molecule has 52 heavy (non-hydrogen) atoms. The van der Waals surface area contributed by atoms with Gasteiger partial charge in [-0.2, -0.15) is 0 Å². The summed E-state index contributed by atoms with van der Waals surface area (Å²) in [4.78, 5) is 12.9. The van der Waals surface area contributed by atoms with Crippen molar-refractivity contribution in [2.75, 3.05) is 13.2 Å². The van der Waals surface area contributed by atoms with Crippen molar-refractivity contribution in [1.29, 1.82) is 0 Å². The number of hydrogen-bond donors (Lipinski definition) is 6. The van der Waals surface area contributed by atoms with Crippen molar-refractivity contribution >= 4 is 5.91 Å². The molecule has 7 atom stereocenters. The molecule has 1 fully saturated rings. The van der Waals surface area contributed by atoms with E-state index in [0.29, 0.717) is 6.42 Å². The first-order valence-electron chi connectivity index (χ1n) is 21.9. The maximum absolute atomic E-state index is 12.9. The van der Waals surface area contributed by atoms with Crippen molar-refractivity contribution in [3.8, 4) is 0 Å². The second kappa shape index (κ2) is 34.4. The van der Waals surface area contributed by atoms with Gasteiger partial charge in [-0.1, -0.05) is 187 Å². The van der Waals surface area contributed by atoms with Crippen LogP contribution in [-0.4, -0.2) is 87.5 Å². The highest BCUT2D eigenvalue weighted by atomic mass is 16.7.